The van der Waals surface area contributed by atoms with Gasteiger partial charge in [0.15, 0.2) is 0 Å². The van der Waals surface area contributed by atoms with E-state index in [9.17, 15) is 4.79 Å². The number of hydrogen-bond acceptors (Lipinski definition) is 2. The maximum Gasteiger partial charge on any atom is 0.247 e. The van der Waals surface area contributed by atoms with Crippen LogP contribution in [0, 0.1) is 5.92 Å². The maximum atomic E-state index is 14.0. The highest BCUT2D eigenvalue weighted by Crippen LogP contribution is 2.62. The van der Waals surface area contributed by atoms with Crippen LogP contribution in [0.1, 0.15) is 35.9 Å². The van der Waals surface area contributed by atoms with E-state index < -0.39 is 0 Å². The lowest BCUT2D eigenvalue weighted by Gasteiger charge is -2.34. The van der Waals surface area contributed by atoms with Gasteiger partial charge in [-0.05, 0) is 42.6 Å². The molecule has 3 saturated heterocycles. The first-order valence-corrected chi connectivity index (χ1v) is 11.0. The van der Waals surface area contributed by atoms with Gasteiger partial charge < -0.3 is 4.90 Å². The molecule has 30 heavy (non-hydrogen) atoms. The summed E-state index contributed by atoms with van der Waals surface area (Å²) in [5, 5.41) is 0. The highest BCUT2D eigenvalue weighted by atomic mass is 16.2. The second kappa shape index (κ2) is 6.82. The number of carbonyl (C=O) groups excluding carboxylic acids is 1. The lowest BCUT2D eigenvalue weighted by atomic mass is 9.75. The van der Waals surface area contributed by atoms with Gasteiger partial charge >= 0.3 is 0 Å². The summed E-state index contributed by atoms with van der Waals surface area (Å²) in [6.07, 6.45) is 2.06. The molecule has 3 fully saturated rings. The molecule has 4 atom stereocenters. The summed E-state index contributed by atoms with van der Waals surface area (Å²) >= 11 is 0. The lowest BCUT2D eigenvalue weighted by Crippen LogP contribution is -2.49. The first-order valence-electron chi connectivity index (χ1n) is 11.0. The Bertz CT molecular complexity index is 1050. The van der Waals surface area contributed by atoms with Gasteiger partial charge in [-0.3, -0.25) is 9.69 Å². The van der Waals surface area contributed by atoms with Crippen LogP contribution in [0.25, 0.3) is 0 Å². The van der Waals surface area contributed by atoms with Crippen molar-refractivity contribution in [2.75, 3.05) is 18.0 Å². The molecule has 0 unspecified atom stereocenters. The average molecular weight is 395 g/mol. The van der Waals surface area contributed by atoms with Crippen molar-refractivity contribution in [3.63, 3.8) is 0 Å². The van der Waals surface area contributed by atoms with Crippen LogP contribution in [-0.4, -0.2) is 29.4 Å². The van der Waals surface area contributed by atoms with Crippen molar-refractivity contribution in [1.82, 2.24) is 4.90 Å². The van der Waals surface area contributed by atoms with Gasteiger partial charge in [0, 0.05) is 30.1 Å². The van der Waals surface area contributed by atoms with Crippen molar-refractivity contribution in [2.24, 2.45) is 5.92 Å². The zero-order valence-electron chi connectivity index (χ0n) is 17.0. The number of carbonyl (C=O) groups is 1. The normalized spacial score (nSPS) is 30.5. The van der Waals surface area contributed by atoms with Gasteiger partial charge in [0.2, 0.25) is 5.91 Å². The molecule has 1 amide bonds. The Morgan fingerprint density at radius 3 is 2.03 bits per heavy atom. The van der Waals surface area contributed by atoms with Crippen LogP contribution in [0.2, 0.25) is 0 Å². The van der Waals surface area contributed by atoms with Crippen molar-refractivity contribution in [2.45, 2.75) is 30.3 Å². The Kier molecular flexibility index (Phi) is 4.07. The largest absolute Gasteiger partial charge is 0.310 e. The number of hydrogen-bond donors (Lipinski definition) is 0. The highest BCUT2D eigenvalue weighted by Gasteiger charge is 2.69. The van der Waals surface area contributed by atoms with Crippen LogP contribution in [0.3, 0.4) is 0 Å². The fourth-order valence-electron chi connectivity index (χ4n) is 6.48. The van der Waals surface area contributed by atoms with Gasteiger partial charge in [-0.15, -0.1) is 0 Å². The Morgan fingerprint density at radius 2 is 1.37 bits per heavy atom. The van der Waals surface area contributed by atoms with E-state index in [1.165, 1.54) is 11.1 Å². The molecule has 3 nitrogen and oxygen atoms in total. The molecule has 1 spiro atoms. The summed E-state index contributed by atoms with van der Waals surface area (Å²) in [6, 6.07) is 32.2. The Labute approximate surface area is 177 Å². The Hall–Kier alpha value is -2.91. The second-order valence-electron chi connectivity index (χ2n) is 8.87. The number of nitrogens with zero attached hydrogens (tertiary/aromatic N) is 2. The van der Waals surface area contributed by atoms with Crippen LogP contribution in [0.5, 0.6) is 0 Å². The number of amides is 1. The quantitative estimate of drug-likeness (QED) is 0.623. The summed E-state index contributed by atoms with van der Waals surface area (Å²) in [5.74, 6) is 0.905. The van der Waals surface area contributed by atoms with Crippen LogP contribution in [0.15, 0.2) is 91.0 Å². The third kappa shape index (κ3) is 2.39. The van der Waals surface area contributed by atoms with Crippen molar-refractivity contribution < 1.29 is 4.79 Å². The number of anilines is 1. The minimum atomic E-state index is -0.378. The summed E-state index contributed by atoms with van der Waals surface area (Å²) < 4.78 is 0. The van der Waals surface area contributed by atoms with Crippen LogP contribution in [-0.2, 0) is 4.79 Å². The number of para-hydroxylation sites is 1. The number of rotatable bonds is 3. The standard InChI is InChI=1S/C27H26N2O/c30-26-27-17-10-18-29(27)25(21-13-6-2-7-14-21)24(20-11-4-1-5-12-20)23(27)19-28(26)22-15-8-3-9-16-22/h1-9,11-16,23-25H,10,17-19H2/t23-,24-,25-,27+/m1/s1. The first-order chi connectivity index (χ1) is 14.8. The second-order valence-corrected chi connectivity index (χ2v) is 8.87. The van der Waals surface area contributed by atoms with E-state index in [0.29, 0.717) is 17.7 Å². The fourth-order valence-corrected chi connectivity index (χ4v) is 6.48. The van der Waals surface area contributed by atoms with E-state index in [1.807, 2.05) is 18.2 Å². The van der Waals surface area contributed by atoms with Crippen LogP contribution >= 0.6 is 0 Å². The van der Waals surface area contributed by atoms with E-state index in [-0.39, 0.29) is 11.6 Å². The lowest BCUT2D eigenvalue weighted by molar-refractivity contribution is -0.126. The minimum absolute atomic E-state index is 0.253. The topological polar surface area (TPSA) is 23.6 Å². The summed E-state index contributed by atoms with van der Waals surface area (Å²) in [6.45, 7) is 1.79. The van der Waals surface area contributed by atoms with Crippen molar-refractivity contribution in [3.05, 3.63) is 102 Å². The van der Waals surface area contributed by atoms with E-state index in [2.05, 4.69) is 82.6 Å². The molecule has 0 bridgehead atoms. The average Bonchev–Trinajstić information content (AvgIpc) is 3.44. The smallest absolute Gasteiger partial charge is 0.247 e. The summed E-state index contributed by atoms with van der Waals surface area (Å²) in [7, 11) is 0. The van der Waals surface area contributed by atoms with Crippen LogP contribution in [0.4, 0.5) is 5.69 Å². The SMILES string of the molecule is O=C1N(c2ccccc2)C[C@@H]2[C@@H](c3ccccc3)[C@@H](c3ccccc3)N3CCC[C@@]123. The Morgan fingerprint density at radius 1 is 0.767 bits per heavy atom. The van der Waals surface area contributed by atoms with E-state index in [4.69, 9.17) is 0 Å². The van der Waals surface area contributed by atoms with E-state index in [0.717, 1.165) is 31.6 Å². The van der Waals surface area contributed by atoms with E-state index >= 15 is 0 Å². The molecule has 3 heterocycles. The molecule has 3 heteroatoms. The van der Waals surface area contributed by atoms with Crippen LogP contribution < -0.4 is 4.90 Å². The molecular formula is C27H26N2O. The molecule has 0 N–H and O–H groups in total. The zero-order valence-corrected chi connectivity index (χ0v) is 17.0. The molecular weight excluding hydrogens is 368 g/mol. The van der Waals surface area contributed by atoms with Gasteiger partial charge in [-0.1, -0.05) is 78.9 Å². The predicted octanol–water partition coefficient (Wildman–Crippen LogP) is 5.02. The fraction of sp³-hybridized carbons (Fsp3) is 0.296. The Balaban J connectivity index is 1.51. The molecule has 150 valence electrons. The summed E-state index contributed by atoms with van der Waals surface area (Å²) in [4.78, 5) is 18.6. The highest BCUT2D eigenvalue weighted by molar-refractivity contribution is 6.04. The molecule has 0 saturated carbocycles. The molecule has 3 aromatic carbocycles. The minimum Gasteiger partial charge on any atom is -0.310 e. The third-order valence-corrected chi connectivity index (χ3v) is 7.58. The third-order valence-electron chi connectivity index (χ3n) is 7.58. The molecule has 0 aliphatic carbocycles. The van der Waals surface area contributed by atoms with Gasteiger partial charge in [0.05, 0.1) is 0 Å². The van der Waals surface area contributed by atoms with Gasteiger partial charge in [0.1, 0.15) is 5.54 Å². The molecule has 3 aliphatic heterocycles. The molecule has 0 radical (unpaired) electrons. The monoisotopic (exact) mass is 394 g/mol. The van der Waals surface area contributed by atoms with Crippen molar-refractivity contribution >= 4 is 11.6 Å². The van der Waals surface area contributed by atoms with Crippen molar-refractivity contribution in [1.29, 1.82) is 0 Å². The van der Waals surface area contributed by atoms with E-state index in [1.54, 1.807) is 0 Å². The molecule has 3 aliphatic rings. The first kappa shape index (κ1) is 17.9. The molecule has 6 rings (SSSR count). The predicted molar refractivity (Wildman–Crippen MR) is 119 cm³/mol. The maximum absolute atomic E-state index is 14.0. The van der Waals surface area contributed by atoms with Gasteiger partial charge in [-0.25, -0.2) is 0 Å². The number of benzene rings is 3. The molecule has 0 aromatic heterocycles. The summed E-state index contributed by atoms with van der Waals surface area (Å²) in [5.41, 5.74) is 3.34. The van der Waals surface area contributed by atoms with Gasteiger partial charge in [0.25, 0.3) is 0 Å². The molecule has 3 aromatic rings. The zero-order chi connectivity index (χ0) is 20.1. The van der Waals surface area contributed by atoms with Crippen molar-refractivity contribution in [3.8, 4) is 0 Å². The van der Waals surface area contributed by atoms with Gasteiger partial charge in [-0.2, -0.15) is 0 Å².